The molecular weight excluding hydrogens is 430 g/mol. The number of hydrogen-bond donors (Lipinski definition) is 2. The predicted molar refractivity (Wildman–Crippen MR) is 130 cm³/mol. The van der Waals surface area contributed by atoms with Gasteiger partial charge in [-0.25, -0.2) is 0 Å². The molecule has 0 radical (unpaired) electrons. The summed E-state index contributed by atoms with van der Waals surface area (Å²) in [5.74, 6) is 0.549. The van der Waals surface area contributed by atoms with Gasteiger partial charge in [0.25, 0.3) is 5.91 Å². The minimum atomic E-state index is -1.10. The third-order valence-electron chi connectivity index (χ3n) is 7.42. The van der Waals surface area contributed by atoms with Crippen molar-refractivity contribution in [1.82, 2.24) is 14.8 Å². The van der Waals surface area contributed by atoms with Crippen LogP contribution in [-0.2, 0) is 15.1 Å². The Morgan fingerprint density at radius 2 is 1.85 bits per heavy atom. The lowest BCUT2D eigenvalue weighted by Crippen LogP contribution is -2.67. The van der Waals surface area contributed by atoms with E-state index >= 15 is 0 Å². The Morgan fingerprint density at radius 1 is 1.09 bits per heavy atom. The van der Waals surface area contributed by atoms with Crippen LogP contribution in [0.4, 0.5) is 0 Å². The Morgan fingerprint density at radius 3 is 2.65 bits per heavy atom. The Hall–Kier alpha value is -3.32. The van der Waals surface area contributed by atoms with E-state index in [1.807, 2.05) is 49.4 Å². The number of amides is 2. The summed E-state index contributed by atoms with van der Waals surface area (Å²) in [5.41, 5.74) is 2.70. The number of benzene rings is 2. The van der Waals surface area contributed by atoms with E-state index in [2.05, 4.69) is 11.1 Å². The first-order valence-corrected chi connectivity index (χ1v) is 12.0. The van der Waals surface area contributed by atoms with Crippen molar-refractivity contribution in [2.24, 2.45) is 0 Å². The van der Waals surface area contributed by atoms with Crippen LogP contribution in [0.25, 0.3) is 10.9 Å². The maximum absolute atomic E-state index is 13.9. The molecule has 0 bridgehead atoms. The normalized spacial score (nSPS) is 22.1. The van der Waals surface area contributed by atoms with Gasteiger partial charge >= 0.3 is 0 Å². The van der Waals surface area contributed by atoms with E-state index in [9.17, 15) is 9.59 Å². The van der Waals surface area contributed by atoms with E-state index in [1.54, 1.807) is 16.9 Å². The highest BCUT2D eigenvalue weighted by Gasteiger charge is 2.56. The van der Waals surface area contributed by atoms with Crippen LogP contribution in [0, 0.1) is 0 Å². The molecule has 2 atom stereocenters. The van der Waals surface area contributed by atoms with E-state index in [-0.39, 0.29) is 30.9 Å². The number of carbonyl (C=O) groups is 2. The zero-order chi connectivity index (χ0) is 23.9. The van der Waals surface area contributed by atoms with Crippen molar-refractivity contribution in [2.75, 3.05) is 33.4 Å². The fourth-order valence-corrected chi connectivity index (χ4v) is 5.68. The Balaban J connectivity index is 1.64. The van der Waals surface area contributed by atoms with Gasteiger partial charge in [-0.05, 0) is 43.9 Å². The number of carbonyl (C=O) groups excluding carboxylic acids is 2. The van der Waals surface area contributed by atoms with Gasteiger partial charge in [-0.3, -0.25) is 9.59 Å². The largest absolute Gasteiger partial charge is 0.496 e. The van der Waals surface area contributed by atoms with Crippen LogP contribution in [0.2, 0.25) is 0 Å². The molecule has 2 aliphatic rings. The second kappa shape index (κ2) is 8.80. The van der Waals surface area contributed by atoms with Crippen molar-refractivity contribution in [2.45, 2.75) is 37.6 Å². The van der Waals surface area contributed by atoms with Crippen molar-refractivity contribution < 1.29 is 19.4 Å². The molecule has 0 spiro atoms. The second-order valence-corrected chi connectivity index (χ2v) is 9.34. The lowest BCUT2D eigenvalue weighted by molar-refractivity contribution is -0.166. The molecule has 0 saturated carbocycles. The van der Waals surface area contributed by atoms with Gasteiger partial charge in [0.15, 0.2) is 5.54 Å². The highest BCUT2D eigenvalue weighted by molar-refractivity contribution is 6.01. The van der Waals surface area contributed by atoms with Gasteiger partial charge < -0.3 is 24.6 Å². The van der Waals surface area contributed by atoms with Gasteiger partial charge in [0.2, 0.25) is 5.91 Å². The summed E-state index contributed by atoms with van der Waals surface area (Å²) in [4.78, 5) is 34.4. The number of unbranched alkanes of at least 4 members (excludes halogenated alkanes) is 2. The SMILES string of the molecule is COc1ccccc1[C@@H]1CN2C(=O)CN(CCCCCO)C(=O)[C@]2(C)c2[nH]c3ccccc3c21. The van der Waals surface area contributed by atoms with Crippen LogP contribution in [0.15, 0.2) is 48.5 Å². The highest BCUT2D eigenvalue weighted by Crippen LogP contribution is 2.49. The quantitative estimate of drug-likeness (QED) is 0.529. The van der Waals surface area contributed by atoms with E-state index < -0.39 is 5.54 Å². The fourth-order valence-electron chi connectivity index (χ4n) is 5.68. The minimum Gasteiger partial charge on any atom is -0.496 e. The van der Waals surface area contributed by atoms with Crippen molar-refractivity contribution in [3.05, 3.63) is 65.4 Å². The topological polar surface area (TPSA) is 85.9 Å². The average Bonchev–Trinajstić information content (AvgIpc) is 3.26. The smallest absolute Gasteiger partial charge is 0.254 e. The molecule has 0 unspecified atom stereocenters. The highest BCUT2D eigenvalue weighted by atomic mass is 16.5. The molecule has 2 aromatic carbocycles. The van der Waals surface area contributed by atoms with E-state index in [0.29, 0.717) is 19.5 Å². The molecule has 34 heavy (non-hydrogen) atoms. The number of aromatic nitrogens is 1. The standard InChI is InChI=1S/C27H31N3O4/c1-27-25-24(19-11-4-6-12-21(19)28-25)20(18-10-5-7-13-22(18)34-2)16-30(27)23(32)17-29(26(27)33)14-8-3-9-15-31/h4-7,10-13,20,28,31H,3,8-9,14-17H2,1-2H3/t20-,27-/m0/s1. The molecule has 1 aromatic heterocycles. The molecule has 0 aliphatic carbocycles. The summed E-state index contributed by atoms with van der Waals surface area (Å²) in [6.45, 7) is 3.02. The molecular formula is C27H31N3O4. The van der Waals surface area contributed by atoms with Crippen LogP contribution in [-0.4, -0.2) is 65.1 Å². The summed E-state index contributed by atoms with van der Waals surface area (Å²) in [6, 6.07) is 16.0. The van der Waals surface area contributed by atoms with Gasteiger partial charge in [-0.1, -0.05) is 36.4 Å². The van der Waals surface area contributed by atoms with Gasteiger partial charge in [-0.2, -0.15) is 0 Å². The number of ether oxygens (including phenoxy) is 1. The molecule has 2 aliphatic heterocycles. The predicted octanol–water partition coefficient (Wildman–Crippen LogP) is 3.37. The van der Waals surface area contributed by atoms with Crippen LogP contribution in [0.1, 0.15) is 48.9 Å². The first kappa shape index (κ1) is 22.5. The summed E-state index contributed by atoms with van der Waals surface area (Å²) >= 11 is 0. The lowest BCUT2D eigenvalue weighted by atomic mass is 9.76. The number of rotatable bonds is 7. The van der Waals surface area contributed by atoms with Gasteiger partial charge in [0.1, 0.15) is 5.75 Å². The third kappa shape index (κ3) is 3.38. The number of aromatic amines is 1. The molecule has 2 N–H and O–H groups in total. The number of fused-ring (bicyclic) bond motifs is 5. The average molecular weight is 462 g/mol. The van der Waals surface area contributed by atoms with Crippen LogP contribution in [0.5, 0.6) is 5.75 Å². The monoisotopic (exact) mass is 461 g/mol. The number of aliphatic hydroxyl groups is 1. The summed E-state index contributed by atoms with van der Waals surface area (Å²) in [5, 5.41) is 10.1. The Kier molecular flexibility index (Phi) is 5.81. The van der Waals surface area contributed by atoms with Crippen molar-refractivity contribution >= 4 is 22.7 Å². The molecule has 3 heterocycles. The van der Waals surface area contributed by atoms with Crippen molar-refractivity contribution in [3.8, 4) is 5.75 Å². The molecule has 2 amide bonds. The number of para-hydroxylation sites is 2. The summed E-state index contributed by atoms with van der Waals surface area (Å²) < 4.78 is 5.69. The van der Waals surface area contributed by atoms with Crippen LogP contribution < -0.4 is 4.74 Å². The first-order chi connectivity index (χ1) is 16.5. The zero-order valence-electron chi connectivity index (χ0n) is 19.7. The van der Waals surface area contributed by atoms with Gasteiger partial charge in [-0.15, -0.1) is 0 Å². The number of nitrogens with zero attached hydrogens (tertiary/aromatic N) is 2. The van der Waals surface area contributed by atoms with Crippen LogP contribution in [0.3, 0.4) is 0 Å². The second-order valence-electron chi connectivity index (χ2n) is 9.34. The van der Waals surface area contributed by atoms with E-state index in [4.69, 9.17) is 9.84 Å². The minimum absolute atomic E-state index is 0.0477. The molecule has 1 fully saturated rings. The van der Waals surface area contributed by atoms with Crippen molar-refractivity contribution in [1.29, 1.82) is 0 Å². The molecule has 5 rings (SSSR count). The van der Waals surface area contributed by atoms with Gasteiger partial charge in [0, 0.05) is 42.1 Å². The Bertz CT molecular complexity index is 1240. The summed E-state index contributed by atoms with van der Waals surface area (Å²) in [6.07, 6.45) is 2.29. The first-order valence-electron chi connectivity index (χ1n) is 12.0. The van der Waals surface area contributed by atoms with Crippen molar-refractivity contribution in [3.63, 3.8) is 0 Å². The number of methoxy groups -OCH3 is 1. The molecule has 1 saturated heterocycles. The molecule has 7 nitrogen and oxygen atoms in total. The number of piperazine rings is 1. The third-order valence-corrected chi connectivity index (χ3v) is 7.42. The zero-order valence-corrected chi connectivity index (χ0v) is 19.7. The van der Waals surface area contributed by atoms with E-state index in [0.717, 1.165) is 46.3 Å². The molecule has 178 valence electrons. The maximum atomic E-state index is 13.9. The Labute approximate surface area is 199 Å². The molecule has 3 aromatic rings. The molecule has 7 heteroatoms. The maximum Gasteiger partial charge on any atom is 0.254 e. The number of nitrogens with one attached hydrogen (secondary N) is 1. The fraction of sp³-hybridized carbons (Fsp3) is 0.407. The number of hydrogen-bond acceptors (Lipinski definition) is 4. The van der Waals surface area contributed by atoms with Crippen LogP contribution >= 0.6 is 0 Å². The lowest BCUT2D eigenvalue weighted by Gasteiger charge is -2.51. The van der Waals surface area contributed by atoms with Gasteiger partial charge in [0.05, 0.1) is 19.3 Å². The summed E-state index contributed by atoms with van der Waals surface area (Å²) in [7, 11) is 1.66. The number of aliphatic hydroxyl groups excluding tert-OH is 1. The number of H-pyrrole nitrogens is 1. The van der Waals surface area contributed by atoms with E-state index in [1.165, 1.54) is 0 Å².